The Bertz CT molecular complexity index is 912. The van der Waals surface area contributed by atoms with E-state index in [1.807, 2.05) is 36.4 Å². The van der Waals surface area contributed by atoms with E-state index in [-0.39, 0.29) is 18.0 Å². The molecule has 0 bridgehead atoms. The molecule has 0 saturated heterocycles. The Morgan fingerprint density at radius 3 is 2.72 bits per heavy atom. The summed E-state index contributed by atoms with van der Waals surface area (Å²) in [6.45, 7) is 0.649. The molecule has 2 aromatic heterocycles. The highest BCUT2D eigenvalue weighted by Crippen LogP contribution is 2.10. The Kier molecular flexibility index (Phi) is 7.03. The van der Waals surface area contributed by atoms with Crippen LogP contribution < -0.4 is 11.3 Å². The summed E-state index contributed by atoms with van der Waals surface area (Å²) in [6.07, 6.45) is 2.57. The average Bonchev–Trinajstić information content (AvgIpc) is 2.61. The summed E-state index contributed by atoms with van der Waals surface area (Å²) in [6, 6.07) is 17.2. The van der Waals surface area contributed by atoms with Crippen LogP contribution in [-0.2, 0) is 12.2 Å². The van der Waals surface area contributed by atoms with Crippen molar-refractivity contribution in [3.05, 3.63) is 82.4 Å². The van der Waals surface area contributed by atoms with Gasteiger partial charge in [0.1, 0.15) is 5.65 Å². The van der Waals surface area contributed by atoms with Crippen LogP contribution in [0.15, 0.2) is 70.6 Å². The molecule has 0 radical (unpaired) electrons. The smallest absolute Gasteiger partial charge is 0.258 e. The maximum absolute atomic E-state index is 12.0. The minimum Gasteiger partial charge on any atom is -0.379 e. The van der Waals surface area contributed by atoms with E-state index >= 15 is 0 Å². The van der Waals surface area contributed by atoms with Crippen molar-refractivity contribution in [1.29, 1.82) is 0 Å². The van der Waals surface area contributed by atoms with E-state index in [1.54, 1.807) is 6.20 Å². The summed E-state index contributed by atoms with van der Waals surface area (Å²) in [7, 11) is 0. The molecule has 1 aromatic carbocycles. The van der Waals surface area contributed by atoms with Gasteiger partial charge in [0.25, 0.3) is 5.56 Å². The van der Waals surface area contributed by atoms with Gasteiger partial charge in [-0.15, -0.1) is 12.4 Å². The van der Waals surface area contributed by atoms with Crippen LogP contribution in [0.1, 0.15) is 11.3 Å². The van der Waals surface area contributed by atoms with Gasteiger partial charge in [0, 0.05) is 24.6 Å². The van der Waals surface area contributed by atoms with Crippen molar-refractivity contribution in [3.63, 3.8) is 0 Å². The number of rotatable bonds is 5. The van der Waals surface area contributed by atoms with Crippen molar-refractivity contribution in [2.24, 2.45) is 10.7 Å². The van der Waals surface area contributed by atoms with Crippen LogP contribution in [0.4, 0.5) is 0 Å². The van der Waals surface area contributed by atoms with Crippen LogP contribution in [0, 0.1) is 0 Å². The Labute approximate surface area is 156 Å². The van der Waals surface area contributed by atoms with Crippen LogP contribution in [0.5, 0.6) is 0 Å². The van der Waals surface area contributed by atoms with Gasteiger partial charge < -0.3 is 5.73 Å². The van der Waals surface area contributed by atoms with Crippen LogP contribution in [-0.4, -0.2) is 21.1 Å². The lowest BCUT2D eigenvalue weighted by molar-refractivity contribution is 0.969. The number of aliphatic imine (C=N–C) groups is 1. The second-order valence-electron chi connectivity index (χ2n) is 5.26. The second-order valence-corrected chi connectivity index (χ2v) is 6.25. The van der Waals surface area contributed by atoms with Gasteiger partial charge in [-0.1, -0.05) is 48.2 Å². The Morgan fingerprint density at radius 2 is 1.92 bits per heavy atom. The minimum atomic E-state index is -0.0872. The molecule has 7 heteroatoms. The molecule has 0 atom stereocenters. The molecule has 0 unspecified atom stereocenters. The van der Waals surface area contributed by atoms with E-state index in [1.165, 1.54) is 27.8 Å². The topological polar surface area (TPSA) is 72.8 Å². The fourth-order valence-corrected chi connectivity index (χ4v) is 2.94. The predicted octanol–water partition coefficient (Wildman–Crippen LogP) is 2.91. The Hall–Kier alpha value is -2.31. The van der Waals surface area contributed by atoms with Gasteiger partial charge in [0.05, 0.1) is 5.69 Å². The fraction of sp³-hybridized carbons (Fsp3) is 0.167. The van der Waals surface area contributed by atoms with Crippen LogP contribution in [0.3, 0.4) is 0 Å². The van der Waals surface area contributed by atoms with Gasteiger partial charge in [-0.05, 0) is 24.1 Å². The zero-order valence-corrected chi connectivity index (χ0v) is 15.2. The molecule has 0 fully saturated rings. The molecule has 0 aliphatic heterocycles. The van der Waals surface area contributed by atoms with Gasteiger partial charge in [-0.3, -0.25) is 14.2 Å². The van der Waals surface area contributed by atoms with Crippen LogP contribution in [0.25, 0.3) is 5.65 Å². The molecule has 2 heterocycles. The largest absolute Gasteiger partial charge is 0.379 e. The molecular weight excluding hydrogens is 356 g/mol. The molecular formula is C18H19ClN4OS. The molecule has 0 aliphatic carbocycles. The maximum Gasteiger partial charge on any atom is 0.258 e. The highest BCUT2D eigenvalue weighted by Gasteiger charge is 2.03. The first-order chi connectivity index (χ1) is 11.7. The molecule has 2 N–H and O–H groups in total. The number of aromatic nitrogens is 2. The number of amidine groups is 1. The molecule has 5 nitrogen and oxygen atoms in total. The molecule has 3 rings (SSSR count). The number of halogens is 1. The first kappa shape index (κ1) is 19.0. The van der Waals surface area contributed by atoms with E-state index in [9.17, 15) is 4.79 Å². The number of pyridine rings is 1. The molecule has 0 saturated carbocycles. The minimum absolute atomic E-state index is 0. The molecule has 3 aromatic rings. The number of nitrogens with zero attached hydrogens (tertiary/aromatic N) is 3. The Balaban J connectivity index is 0.00000225. The van der Waals surface area contributed by atoms with E-state index in [2.05, 4.69) is 22.1 Å². The highest BCUT2D eigenvalue weighted by molar-refractivity contribution is 8.13. The first-order valence-corrected chi connectivity index (χ1v) is 8.65. The molecule has 130 valence electrons. The van der Waals surface area contributed by atoms with Gasteiger partial charge in [0.2, 0.25) is 0 Å². The zero-order valence-electron chi connectivity index (χ0n) is 13.5. The summed E-state index contributed by atoms with van der Waals surface area (Å²) in [5.41, 5.74) is 8.44. The van der Waals surface area contributed by atoms with E-state index in [0.717, 1.165) is 6.42 Å². The quantitative estimate of drug-likeness (QED) is 0.550. The molecule has 25 heavy (non-hydrogen) atoms. The third-order valence-electron chi connectivity index (χ3n) is 3.50. The lowest BCUT2D eigenvalue weighted by Gasteiger charge is -2.04. The number of fused-ring (bicyclic) bond motifs is 1. The standard InChI is InChI=1S/C18H18N4OS.ClH/c19-18(20-10-9-14-6-2-1-3-7-14)24-13-15-12-17(23)22-11-5-4-8-16(22)21-15;/h1-8,11-12H,9-10,13H2,(H2,19,20);1H. The summed E-state index contributed by atoms with van der Waals surface area (Å²) in [5, 5.41) is 0.515. The van der Waals surface area contributed by atoms with Crippen LogP contribution in [0.2, 0.25) is 0 Å². The first-order valence-electron chi connectivity index (χ1n) is 7.66. The van der Waals surface area contributed by atoms with E-state index in [0.29, 0.717) is 28.8 Å². The third kappa shape index (κ3) is 5.34. The van der Waals surface area contributed by atoms with Gasteiger partial charge in [-0.25, -0.2) is 4.98 Å². The Morgan fingerprint density at radius 1 is 1.16 bits per heavy atom. The lowest BCUT2D eigenvalue weighted by atomic mass is 10.2. The van der Waals surface area contributed by atoms with Crippen LogP contribution >= 0.6 is 24.2 Å². The summed E-state index contributed by atoms with van der Waals surface area (Å²) in [4.78, 5) is 20.9. The summed E-state index contributed by atoms with van der Waals surface area (Å²) >= 11 is 1.40. The molecule has 0 spiro atoms. The van der Waals surface area contributed by atoms with E-state index < -0.39 is 0 Å². The normalized spacial score (nSPS) is 11.3. The monoisotopic (exact) mass is 374 g/mol. The van der Waals surface area contributed by atoms with Crippen molar-refractivity contribution in [2.45, 2.75) is 12.2 Å². The fourth-order valence-electron chi connectivity index (χ4n) is 2.31. The van der Waals surface area contributed by atoms with Gasteiger partial charge in [-0.2, -0.15) is 0 Å². The summed E-state index contributed by atoms with van der Waals surface area (Å²) in [5.74, 6) is 0.529. The van der Waals surface area contributed by atoms with Crippen molar-refractivity contribution in [3.8, 4) is 0 Å². The zero-order chi connectivity index (χ0) is 16.8. The average molecular weight is 375 g/mol. The second kappa shape index (κ2) is 9.25. The lowest BCUT2D eigenvalue weighted by Crippen LogP contribution is -2.15. The molecule has 0 aliphatic rings. The molecule has 0 amide bonds. The number of benzene rings is 1. The van der Waals surface area contributed by atoms with Crippen molar-refractivity contribution >= 4 is 35.0 Å². The van der Waals surface area contributed by atoms with Gasteiger partial charge >= 0.3 is 0 Å². The van der Waals surface area contributed by atoms with Crippen molar-refractivity contribution < 1.29 is 0 Å². The summed E-state index contributed by atoms with van der Waals surface area (Å²) < 4.78 is 1.52. The SMILES string of the molecule is Cl.NC(=NCCc1ccccc1)SCc1cc(=O)n2ccccc2n1. The number of hydrogen-bond acceptors (Lipinski definition) is 4. The van der Waals surface area contributed by atoms with E-state index in [4.69, 9.17) is 5.73 Å². The highest BCUT2D eigenvalue weighted by atomic mass is 35.5. The number of hydrogen-bond donors (Lipinski definition) is 1. The van der Waals surface area contributed by atoms with Crippen molar-refractivity contribution in [2.75, 3.05) is 6.54 Å². The number of nitrogens with two attached hydrogens (primary N) is 1. The van der Waals surface area contributed by atoms with Gasteiger partial charge in [0.15, 0.2) is 5.17 Å². The maximum atomic E-state index is 12.0. The predicted molar refractivity (Wildman–Crippen MR) is 107 cm³/mol. The van der Waals surface area contributed by atoms with Crippen molar-refractivity contribution in [1.82, 2.24) is 9.38 Å². The number of thioether (sulfide) groups is 1. The third-order valence-corrected chi connectivity index (χ3v) is 4.37.